The fourth-order valence-electron chi connectivity index (χ4n) is 4.87. The first-order chi connectivity index (χ1) is 15.7. The lowest BCUT2D eigenvalue weighted by Crippen LogP contribution is -2.23. The van der Waals surface area contributed by atoms with Crippen LogP contribution in [0.25, 0.3) is 22.3 Å². The summed E-state index contributed by atoms with van der Waals surface area (Å²) in [6.07, 6.45) is 8.18. The standard InChI is InChI=1S/C28H35FN2O2/c1-18-12-26-25(15-21(18)7-5-6-20-10-11-33-19(2)13-20)30-17-27(31-26)22-8-9-23(24(29)14-22)16-28(3,4)32/h8-9,12,14-15,17,19-20,32H,5-7,10-11,13,16H2,1-4H3/t19-,20?/m1/s1. The molecule has 4 nitrogen and oxygen atoms in total. The molecule has 1 saturated heterocycles. The van der Waals surface area contributed by atoms with E-state index in [1.165, 1.54) is 42.9 Å². The minimum Gasteiger partial charge on any atom is -0.390 e. The van der Waals surface area contributed by atoms with Gasteiger partial charge in [0.05, 0.1) is 34.6 Å². The Morgan fingerprint density at radius 3 is 2.70 bits per heavy atom. The Morgan fingerprint density at radius 1 is 1.15 bits per heavy atom. The highest BCUT2D eigenvalue weighted by Crippen LogP contribution is 2.27. The van der Waals surface area contributed by atoms with Gasteiger partial charge < -0.3 is 9.84 Å². The summed E-state index contributed by atoms with van der Waals surface area (Å²) in [6, 6.07) is 9.30. The molecule has 1 N–H and O–H groups in total. The Hall–Kier alpha value is -2.37. The topological polar surface area (TPSA) is 55.2 Å². The van der Waals surface area contributed by atoms with E-state index in [0.29, 0.717) is 22.9 Å². The van der Waals surface area contributed by atoms with E-state index in [1.54, 1.807) is 26.1 Å². The number of halogens is 1. The molecule has 0 bridgehead atoms. The lowest BCUT2D eigenvalue weighted by atomic mass is 9.90. The average Bonchev–Trinajstić information content (AvgIpc) is 2.74. The van der Waals surface area contributed by atoms with E-state index in [-0.39, 0.29) is 12.2 Å². The first-order valence-corrected chi connectivity index (χ1v) is 12.1. The zero-order valence-electron chi connectivity index (χ0n) is 20.2. The van der Waals surface area contributed by atoms with Gasteiger partial charge in [-0.15, -0.1) is 0 Å². The van der Waals surface area contributed by atoms with Gasteiger partial charge in [-0.3, -0.25) is 4.98 Å². The zero-order valence-corrected chi connectivity index (χ0v) is 20.2. The van der Waals surface area contributed by atoms with Crippen molar-refractivity contribution in [3.8, 4) is 11.3 Å². The summed E-state index contributed by atoms with van der Waals surface area (Å²) >= 11 is 0. The van der Waals surface area contributed by atoms with Gasteiger partial charge in [-0.1, -0.05) is 12.1 Å². The average molecular weight is 451 g/mol. The Bertz CT molecular complexity index is 1120. The van der Waals surface area contributed by atoms with E-state index >= 15 is 0 Å². The van der Waals surface area contributed by atoms with Gasteiger partial charge in [0.2, 0.25) is 0 Å². The number of nitrogens with zero attached hydrogens (tertiary/aromatic N) is 2. The van der Waals surface area contributed by atoms with Gasteiger partial charge in [-0.05, 0) is 101 Å². The van der Waals surface area contributed by atoms with Gasteiger partial charge in [0.25, 0.3) is 0 Å². The van der Waals surface area contributed by atoms with Crippen molar-refractivity contribution in [1.29, 1.82) is 0 Å². The van der Waals surface area contributed by atoms with Crippen LogP contribution in [0.15, 0.2) is 36.5 Å². The third-order valence-electron chi connectivity index (χ3n) is 6.62. The molecule has 0 amide bonds. The van der Waals surface area contributed by atoms with E-state index in [1.807, 2.05) is 6.07 Å². The van der Waals surface area contributed by atoms with Gasteiger partial charge in [0.1, 0.15) is 5.82 Å². The SMILES string of the molecule is Cc1cc2nc(-c3ccc(CC(C)(C)O)c(F)c3)cnc2cc1CCCC1CCO[C@H](C)C1. The lowest BCUT2D eigenvalue weighted by molar-refractivity contribution is 0.000513. The number of fused-ring (bicyclic) bond motifs is 1. The van der Waals surface area contributed by atoms with E-state index in [0.717, 1.165) is 30.0 Å². The number of rotatable bonds is 7. The summed E-state index contributed by atoms with van der Waals surface area (Å²) in [7, 11) is 0. The van der Waals surface area contributed by atoms with Crippen molar-refractivity contribution in [2.24, 2.45) is 5.92 Å². The molecule has 1 aliphatic heterocycles. The van der Waals surface area contributed by atoms with Crippen LogP contribution in [-0.4, -0.2) is 33.4 Å². The van der Waals surface area contributed by atoms with Crippen LogP contribution < -0.4 is 0 Å². The second-order valence-corrected chi connectivity index (χ2v) is 10.3. The highest BCUT2D eigenvalue weighted by Gasteiger charge is 2.19. The highest BCUT2D eigenvalue weighted by molar-refractivity contribution is 5.79. The molecule has 1 aromatic heterocycles. The van der Waals surface area contributed by atoms with Gasteiger partial charge >= 0.3 is 0 Å². The predicted molar refractivity (Wildman–Crippen MR) is 131 cm³/mol. The molecule has 0 aliphatic carbocycles. The smallest absolute Gasteiger partial charge is 0.127 e. The molecule has 0 spiro atoms. The molecule has 33 heavy (non-hydrogen) atoms. The first kappa shape index (κ1) is 23.8. The molecule has 176 valence electrons. The highest BCUT2D eigenvalue weighted by atomic mass is 19.1. The van der Waals surface area contributed by atoms with E-state index in [4.69, 9.17) is 9.72 Å². The van der Waals surface area contributed by atoms with Gasteiger partial charge in [-0.25, -0.2) is 9.37 Å². The summed E-state index contributed by atoms with van der Waals surface area (Å²) in [5.74, 6) is 0.439. The van der Waals surface area contributed by atoms with Crippen LogP contribution in [0, 0.1) is 18.7 Å². The van der Waals surface area contributed by atoms with Crippen molar-refractivity contribution in [3.63, 3.8) is 0 Å². The Labute approximate surface area is 196 Å². The number of aromatic nitrogens is 2. The minimum atomic E-state index is -0.955. The molecule has 3 aromatic rings. The van der Waals surface area contributed by atoms with Crippen molar-refractivity contribution in [3.05, 3.63) is 59.0 Å². The fraction of sp³-hybridized carbons (Fsp3) is 0.500. The molecule has 0 radical (unpaired) electrons. The normalized spacial score (nSPS) is 19.2. The van der Waals surface area contributed by atoms with E-state index in [9.17, 15) is 9.50 Å². The van der Waals surface area contributed by atoms with Crippen molar-refractivity contribution in [1.82, 2.24) is 9.97 Å². The van der Waals surface area contributed by atoms with Crippen LogP contribution in [0.1, 0.15) is 63.1 Å². The molecule has 2 heterocycles. The van der Waals surface area contributed by atoms with Crippen LogP contribution in [0.3, 0.4) is 0 Å². The third-order valence-corrected chi connectivity index (χ3v) is 6.62. The second kappa shape index (κ2) is 9.86. The number of aliphatic hydroxyl groups is 1. The van der Waals surface area contributed by atoms with Crippen molar-refractivity contribution >= 4 is 11.0 Å². The first-order valence-electron chi connectivity index (χ1n) is 12.1. The van der Waals surface area contributed by atoms with Crippen LogP contribution >= 0.6 is 0 Å². The molecular formula is C28H35FN2O2. The summed E-state index contributed by atoms with van der Waals surface area (Å²) in [6.45, 7) is 8.55. The summed E-state index contributed by atoms with van der Waals surface area (Å²) < 4.78 is 20.3. The Kier molecular flexibility index (Phi) is 7.10. The molecule has 5 heteroatoms. The maximum atomic E-state index is 14.6. The molecule has 2 aromatic carbocycles. The molecule has 1 aliphatic rings. The van der Waals surface area contributed by atoms with Crippen LogP contribution in [0.4, 0.5) is 4.39 Å². The number of hydrogen-bond acceptors (Lipinski definition) is 4. The summed E-state index contributed by atoms with van der Waals surface area (Å²) in [5, 5.41) is 9.99. The van der Waals surface area contributed by atoms with Crippen LogP contribution in [0.5, 0.6) is 0 Å². The van der Waals surface area contributed by atoms with Crippen molar-refractivity contribution in [2.75, 3.05) is 6.61 Å². The van der Waals surface area contributed by atoms with Crippen molar-refractivity contribution in [2.45, 2.75) is 77.9 Å². The number of aryl methyl sites for hydroxylation is 2. The van der Waals surface area contributed by atoms with Crippen LogP contribution in [-0.2, 0) is 17.6 Å². The van der Waals surface area contributed by atoms with Gasteiger partial charge in [0.15, 0.2) is 0 Å². The number of hydrogen-bond donors (Lipinski definition) is 1. The minimum absolute atomic E-state index is 0.262. The Morgan fingerprint density at radius 2 is 1.97 bits per heavy atom. The molecule has 2 atom stereocenters. The quantitative estimate of drug-likeness (QED) is 0.466. The van der Waals surface area contributed by atoms with Gasteiger partial charge in [-0.2, -0.15) is 0 Å². The van der Waals surface area contributed by atoms with Crippen LogP contribution in [0.2, 0.25) is 0 Å². The van der Waals surface area contributed by atoms with E-state index in [2.05, 4.69) is 31.0 Å². The molecule has 1 unspecified atom stereocenters. The number of benzene rings is 2. The molecule has 4 rings (SSSR count). The fourth-order valence-corrected chi connectivity index (χ4v) is 4.87. The number of ether oxygens (including phenoxy) is 1. The molecule has 0 saturated carbocycles. The Balaban J connectivity index is 1.48. The van der Waals surface area contributed by atoms with Gasteiger partial charge in [0, 0.05) is 18.6 Å². The lowest BCUT2D eigenvalue weighted by Gasteiger charge is -2.27. The largest absolute Gasteiger partial charge is 0.390 e. The zero-order chi connectivity index (χ0) is 23.6. The summed E-state index contributed by atoms with van der Waals surface area (Å²) in [5.41, 5.74) is 5.13. The van der Waals surface area contributed by atoms with E-state index < -0.39 is 5.60 Å². The molecular weight excluding hydrogens is 415 g/mol. The molecule has 1 fully saturated rings. The maximum absolute atomic E-state index is 14.6. The predicted octanol–water partition coefficient (Wildman–Crippen LogP) is 6.20. The summed E-state index contributed by atoms with van der Waals surface area (Å²) in [4.78, 5) is 9.40. The third kappa shape index (κ3) is 6.15. The monoisotopic (exact) mass is 450 g/mol. The second-order valence-electron chi connectivity index (χ2n) is 10.3. The van der Waals surface area contributed by atoms with Crippen molar-refractivity contribution < 1.29 is 14.2 Å². The maximum Gasteiger partial charge on any atom is 0.127 e.